The number of carbonyl (C=O) groups excluding carboxylic acids is 1. The van der Waals surface area contributed by atoms with Gasteiger partial charge in [0.1, 0.15) is 0 Å². The minimum Gasteiger partial charge on any atom is -0.350 e. The van der Waals surface area contributed by atoms with Crippen LogP contribution in [-0.4, -0.2) is 33.5 Å². The molecule has 0 saturated carbocycles. The quantitative estimate of drug-likeness (QED) is 0.726. The monoisotopic (exact) mass is 375 g/mol. The van der Waals surface area contributed by atoms with Crippen molar-refractivity contribution in [3.05, 3.63) is 27.7 Å². The first kappa shape index (κ1) is 16.4. The zero-order valence-electron chi connectivity index (χ0n) is 11.6. The third kappa shape index (κ3) is 4.03. The largest absolute Gasteiger partial charge is 0.350 e. The van der Waals surface area contributed by atoms with Crippen LogP contribution in [0.4, 0.5) is 0 Å². The number of amides is 1. The van der Waals surface area contributed by atoms with E-state index in [0.29, 0.717) is 22.1 Å². The number of benzene rings is 1. The molecule has 4 N–H and O–H groups in total. The van der Waals surface area contributed by atoms with Crippen LogP contribution in [0.25, 0.3) is 0 Å². The maximum Gasteiger partial charge on any atom is 0.251 e. The second-order valence-electron chi connectivity index (χ2n) is 5.12. The Labute approximate surface area is 132 Å². The minimum atomic E-state index is -3.86. The Morgan fingerprint density at radius 2 is 2.24 bits per heavy atom. The van der Waals surface area contributed by atoms with Crippen molar-refractivity contribution in [3.8, 4) is 0 Å². The van der Waals surface area contributed by atoms with Gasteiger partial charge >= 0.3 is 0 Å². The van der Waals surface area contributed by atoms with Gasteiger partial charge in [0.25, 0.3) is 5.91 Å². The molecule has 8 heteroatoms. The molecule has 1 saturated heterocycles. The standard InChI is InChI=1S/C13H18BrN3O3S/c1-8-11(5-9(14)6-12(8)21(15,19)20)13(18)17-7-10-3-2-4-16-10/h5-6,10,16H,2-4,7H2,1H3,(H,17,18)(H2,15,19,20). The van der Waals surface area contributed by atoms with Crippen molar-refractivity contribution in [1.29, 1.82) is 0 Å². The summed E-state index contributed by atoms with van der Waals surface area (Å²) in [5.74, 6) is -0.299. The third-order valence-electron chi connectivity index (χ3n) is 3.55. The number of halogens is 1. The van der Waals surface area contributed by atoms with Crippen LogP contribution in [0.3, 0.4) is 0 Å². The average molecular weight is 376 g/mol. The van der Waals surface area contributed by atoms with E-state index in [-0.39, 0.29) is 16.8 Å². The molecule has 1 fully saturated rings. The fraction of sp³-hybridized carbons (Fsp3) is 0.462. The van der Waals surface area contributed by atoms with Gasteiger partial charge in [-0.3, -0.25) is 4.79 Å². The highest BCUT2D eigenvalue weighted by atomic mass is 79.9. The number of primary sulfonamides is 1. The Bertz CT molecular complexity index is 655. The first-order valence-corrected chi connectivity index (χ1v) is 8.97. The molecule has 1 atom stereocenters. The zero-order chi connectivity index (χ0) is 15.6. The predicted molar refractivity (Wildman–Crippen MR) is 83.6 cm³/mol. The Hall–Kier alpha value is -0.960. The molecule has 1 aliphatic rings. The molecule has 116 valence electrons. The molecule has 1 aromatic carbocycles. The molecule has 0 aromatic heterocycles. The van der Waals surface area contributed by atoms with Gasteiger partial charge in [-0.2, -0.15) is 0 Å². The number of nitrogens with one attached hydrogen (secondary N) is 2. The van der Waals surface area contributed by atoms with Crippen molar-refractivity contribution < 1.29 is 13.2 Å². The molecule has 0 bridgehead atoms. The van der Waals surface area contributed by atoms with E-state index in [1.807, 2.05) is 0 Å². The predicted octanol–water partition coefficient (Wildman–Crippen LogP) is 0.887. The van der Waals surface area contributed by atoms with E-state index in [4.69, 9.17) is 5.14 Å². The van der Waals surface area contributed by atoms with Gasteiger partial charge in [-0.05, 0) is 44.0 Å². The lowest BCUT2D eigenvalue weighted by molar-refractivity contribution is 0.0949. The van der Waals surface area contributed by atoms with E-state index in [1.165, 1.54) is 6.07 Å². The van der Waals surface area contributed by atoms with Gasteiger partial charge < -0.3 is 10.6 Å². The fourth-order valence-electron chi connectivity index (χ4n) is 2.43. The smallest absolute Gasteiger partial charge is 0.251 e. The Balaban J connectivity index is 2.22. The van der Waals surface area contributed by atoms with E-state index in [2.05, 4.69) is 26.6 Å². The summed E-state index contributed by atoms with van der Waals surface area (Å²) in [5.41, 5.74) is 0.670. The van der Waals surface area contributed by atoms with Crippen LogP contribution < -0.4 is 15.8 Å². The van der Waals surface area contributed by atoms with E-state index in [9.17, 15) is 13.2 Å². The van der Waals surface area contributed by atoms with Gasteiger partial charge in [0.05, 0.1) is 4.90 Å². The van der Waals surface area contributed by atoms with Crippen LogP contribution in [0.1, 0.15) is 28.8 Å². The Morgan fingerprint density at radius 3 is 2.81 bits per heavy atom. The summed E-state index contributed by atoms with van der Waals surface area (Å²) in [4.78, 5) is 12.2. The highest BCUT2D eigenvalue weighted by Gasteiger charge is 2.20. The summed E-state index contributed by atoms with van der Waals surface area (Å²) in [5, 5.41) is 11.3. The molecule has 2 rings (SSSR count). The molecule has 1 heterocycles. The summed E-state index contributed by atoms with van der Waals surface area (Å²) in [7, 11) is -3.86. The Kier molecular flexibility index (Phi) is 5.03. The molecule has 6 nitrogen and oxygen atoms in total. The van der Waals surface area contributed by atoms with Gasteiger partial charge in [-0.1, -0.05) is 15.9 Å². The summed E-state index contributed by atoms with van der Waals surface area (Å²) >= 11 is 3.21. The van der Waals surface area contributed by atoms with E-state index in [0.717, 1.165) is 19.4 Å². The van der Waals surface area contributed by atoms with E-state index < -0.39 is 10.0 Å². The second kappa shape index (κ2) is 6.43. The molecule has 0 radical (unpaired) electrons. The fourth-order valence-corrected chi connectivity index (χ4v) is 3.86. The number of hydrogen-bond donors (Lipinski definition) is 3. The van der Waals surface area contributed by atoms with Gasteiger partial charge in [0, 0.05) is 22.6 Å². The summed E-state index contributed by atoms with van der Waals surface area (Å²) < 4.78 is 23.6. The molecular weight excluding hydrogens is 358 g/mol. The van der Waals surface area contributed by atoms with Crippen LogP contribution in [0.5, 0.6) is 0 Å². The molecule has 21 heavy (non-hydrogen) atoms. The molecular formula is C13H18BrN3O3S. The molecule has 0 aliphatic carbocycles. The lowest BCUT2D eigenvalue weighted by atomic mass is 10.1. The average Bonchev–Trinajstić information content (AvgIpc) is 2.90. The van der Waals surface area contributed by atoms with Gasteiger partial charge in [-0.15, -0.1) is 0 Å². The second-order valence-corrected chi connectivity index (χ2v) is 7.57. The zero-order valence-corrected chi connectivity index (χ0v) is 14.1. The van der Waals surface area contributed by atoms with Crippen LogP contribution in [0, 0.1) is 6.92 Å². The highest BCUT2D eigenvalue weighted by molar-refractivity contribution is 9.10. The first-order chi connectivity index (χ1) is 9.79. The van der Waals surface area contributed by atoms with Gasteiger partial charge in [0.2, 0.25) is 10.0 Å². The van der Waals surface area contributed by atoms with Crippen LogP contribution in [-0.2, 0) is 10.0 Å². The van der Waals surface area contributed by atoms with Crippen molar-refractivity contribution in [2.45, 2.75) is 30.7 Å². The first-order valence-electron chi connectivity index (χ1n) is 6.63. The minimum absolute atomic E-state index is 0.0407. The van der Waals surface area contributed by atoms with Crippen molar-refractivity contribution in [2.75, 3.05) is 13.1 Å². The third-order valence-corrected chi connectivity index (χ3v) is 5.04. The summed E-state index contributed by atoms with van der Waals surface area (Å²) in [6.07, 6.45) is 2.13. The molecule has 1 unspecified atom stereocenters. The molecule has 0 spiro atoms. The van der Waals surface area contributed by atoms with Crippen molar-refractivity contribution in [1.82, 2.24) is 10.6 Å². The lowest BCUT2D eigenvalue weighted by Gasteiger charge is -2.14. The maximum absolute atomic E-state index is 12.3. The van der Waals surface area contributed by atoms with E-state index >= 15 is 0 Å². The van der Waals surface area contributed by atoms with Crippen LogP contribution in [0.15, 0.2) is 21.5 Å². The highest BCUT2D eigenvalue weighted by Crippen LogP contribution is 2.24. The van der Waals surface area contributed by atoms with Crippen molar-refractivity contribution in [2.24, 2.45) is 5.14 Å². The molecule has 1 aliphatic heterocycles. The summed E-state index contributed by atoms with van der Waals surface area (Å²) in [6, 6.07) is 3.28. The summed E-state index contributed by atoms with van der Waals surface area (Å²) in [6.45, 7) is 3.07. The van der Waals surface area contributed by atoms with Gasteiger partial charge in [0.15, 0.2) is 0 Å². The lowest BCUT2D eigenvalue weighted by Crippen LogP contribution is -2.37. The number of carbonyl (C=O) groups is 1. The Morgan fingerprint density at radius 1 is 1.52 bits per heavy atom. The van der Waals surface area contributed by atoms with Crippen LogP contribution in [0.2, 0.25) is 0 Å². The van der Waals surface area contributed by atoms with Gasteiger partial charge in [-0.25, -0.2) is 13.6 Å². The number of sulfonamides is 1. The molecule has 1 amide bonds. The number of nitrogens with two attached hydrogens (primary N) is 1. The van der Waals surface area contributed by atoms with E-state index in [1.54, 1.807) is 13.0 Å². The number of hydrogen-bond acceptors (Lipinski definition) is 4. The topological polar surface area (TPSA) is 101 Å². The number of rotatable bonds is 4. The SMILES string of the molecule is Cc1c(C(=O)NCC2CCCN2)cc(Br)cc1S(N)(=O)=O. The normalized spacial score (nSPS) is 18.7. The van der Waals surface area contributed by atoms with Crippen LogP contribution >= 0.6 is 15.9 Å². The van der Waals surface area contributed by atoms with Crippen molar-refractivity contribution in [3.63, 3.8) is 0 Å². The molecule has 1 aromatic rings. The van der Waals surface area contributed by atoms with Crippen molar-refractivity contribution >= 4 is 31.9 Å². The maximum atomic E-state index is 12.3.